The lowest BCUT2D eigenvalue weighted by molar-refractivity contribution is -0.132. The van der Waals surface area contributed by atoms with Crippen molar-refractivity contribution in [3.63, 3.8) is 0 Å². The van der Waals surface area contributed by atoms with E-state index in [1.165, 1.54) is 10.9 Å². The molecular weight excluding hydrogens is 406 g/mol. The lowest BCUT2D eigenvalue weighted by Crippen LogP contribution is -2.50. The highest BCUT2D eigenvalue weighted by atomic mass is 16.5. The van der Waals surface area contributed by atoms with Gasteiger partial charge in [0.1, 0.15) is 23.3 Å². The normalized spacial score (nSPS) is 14.3. The first-order valence-electron chi connectivity index (χ1n) is 10.7. The van der Waals surface area contributed by atoms with E-state index in [1.807, 2.05) is 54.3 Å². The van der Waals surface area contributed by atoms with Gasteiger partial charge in [0.05, 0.1) is 13.4 Å². The molecule has 4 aromatic rings. The van der Waals surface area contributed by atoms with Gasteiger partial charge in [-0.05, 0) is 43.3 Å². The number of fused-ring (bicyclic) bond motifs is 3. The Balaban J connectivity index is 1.29. The summed E-state index contributed by atoms with van der Waals surface area (Å²) in [7, 11) is 1.65. The van der Waals surface area contributed by atoms with Crippen molar-refractivity contribution in [2.75, 3.05) is 38.2 Å². The number of aryl methyl sites for hydroxylation is 1. The first-order valence-corrected chi connectivity index (χ1v) is 10.7. The molecule has 2 aromatic heterocycles. The van der Waals surface area contributed by atoms with Crippen LogP contribution in [0.3, 0.4) is 0 Å². The number of hydrogen-bond donors (Lipinski definition) is 1. The molecule has 3 heterocycles. The van der Waals surface area contributed by atoms with Crippen molar-refractivity contribution in [2.45, 2.75) is 13.5 Å². The van der Waals surface area contributed by atoms with Crippen LogP contribution in [-0.4, -0.2) is 58.6 Å². The Morgan fingerprint density at radius 3 is 2.56 bits per heavy atom. The maximum Gasteiger partial charge on any atom is 0.278 e. The molecule has 0 unspecified atom stereocenters. The van der Waals surface area contributed by atoms with Gasteiger partial charge in [-0.15, -0.1) is 0 Å². The van der Waals surface area contributed by atoms with E-state index in [0.29, 0.717) is 24.1 Å². The van der Waals surface area contributed by atoms with E-state index in [9.17, 15) is 9.59 Å². The van der Waals surface area contributed by atoms with Crippen LogP contribution in [0.2, 0.25) is 0 Å². The number of hydrogen-bond acceptors (Lipinski definition) is 5. The van der Waals surface area contributed by atoms with E-state index in [-0.39, 0.29) is 18.0 Å². The molecule has 1 amide bonds. The average Bonchev–Trinajstić information content (AvgIpc) is 3.19. The van der Waals surface area contributed by atoms with Crippen molar-refractivity contribution in [1.82, 2.24) is 19.4 Å². The highest BCUT2D eigenvalue weighted by molar-refractivity contribution is 6.04. The third-order valence-electron chi connectivity index (χ3n) is 6.10. The number of ether oxygens (including phenoxy) is 1. The van der Waals surface area contributed by atoms with Crippen molar-refractivity contribution in [3.8, 4) is 5.75 Å². The fourth-order valence-electron chi connectivity index (χ4n) is 4.27. The molecule has 0 radical (unpaired) electrons. The fraction of sp³-hybridized carbons (Fsp3) is 0.292. The second kappa shape index (κ2) is 8.03. The molecule has 8 nitrogen and oxygen atoms in total. The van der Waals surface area contributed by atoms with Crippen molar-refractivity contribution in [1.29, 1.82) is 0 Å². The number of benzene rings is 2. The topological polar surface area (TPSA) is 83.5 Å². The summed E-state index contributed by atoms with van der Waals surface area (Å²) in [5.41, 5.74) is 3.94. The monoisotopic (exact) mass is 431 g/mol. The van der Waals surface area contributed by atoms with E-state index in [0.717, 1.165) is 41.0 Å². The highest BCUT2D eigenvalue weighted by Crippen LogP contribution is 2.23. The van der Waals surface area contributed by atoms with E-state index in [1.54, 1.807) is 7.11 Å². The summed E-state index contributed by atoms with van der Waals surface area (Å²) in [6, 6.07) is 13.9. The maximum atomic E-state index is 13.0. The van der Waals surface area contributed by atoms with Gasteiger partial charge < -0.3 is 19.5 Å². The highest BCUT2D eigenvalue weighted by Gasteiger charge is 2.22. The first-order chi connectivity index (χ1) is 15.5. The quantitative estimate of drug-likeness (QED) is 0.537. The largest absolute Gasteiger partial charge is 0.497 e. The van der Waals surface area contributed by atoms with E-state index < -0.39 is 0 Å². The van der Waals surface area contributed by atoms with Gasteiger partial charge >= 0.3 is 0 Å². The molecule has 32 heavy (non-hydrogen) atoms. The average molecular weight is 431 g/mol. The molecule has 0 bridgehead atoms. The first kappa shape index (κ1) is 20.1. The van der Waals surface area contributed by atoms with E-state index in [4.69, 9.17) is 4.74 Å². The Hall–Kier alpha value is -3.81. The number of piperazine rings is 1. The SMILES string of the molecule is COc1ccc(N2CCN(C(=O)Cn3cnc4c([nH]c5ccc(C)cc54)c3=O)CC2)cc1. The van der Waals surface area contributed by atoms with Gasteiger partial charge in [0, 0.05) is 42.8 Å². The molecule has 1 N–H and O–H groups in total. The van der Waals surface area contributed by atoms with Crippen molar-refractivity contribution < 1.29 is 9.53 Å². The summed E-state index contributed by atoms with van der Waals surface area (Å²) >= 11 is 0. The van der Waals surface area contributed by atoms with Gasteiger partial charge in [0.25, 0.3) is 5.56 Å². The van der Waals surface area contributed by atoms with Crippen LogP contribution in [0.15, 0.2) is 53.6 Å². The molecule has 1 fully saturated rings. The molecule has 2 aromatic carbocycles. The molecule has 1 aliphatic rings. The van der Waals surface area contributed by atoms with Crippen molar-refractivity contribution in [3.05, 3.63) is 64.7 Å². The summed E-state index contributed by atoms with van der Waals surface area (Å²) < 4.78 is 6.61. The van der Waals surface area contributed by atoms with E-state index >= 15 is 0 Å². The minimum Gasteiger partial charge on any atom is -0.497 e. The fourth-order valence-corrected chi connectivity index (χ4v) is 4.27. The lowest BCUT2D eigenvalue weighted by atomic mass is 10.2. The Morgan fingerprint density at radius 2 is 1.84 bits per heavy atom. The predicted molar refractivity (Wildman–Crippen MR) is 124 cm³/mol. The number of aromatic nitrogens is 3. The molecule has 0 saturated carbocycles. The van der Waals surface area contributed by atoms with Gasteiger partial charge in [-0.3, -0.25) is 14.2 Å². The number of anilines is 1. The summed E-state index contributed by atoms with van der Waals surface area (Å²) in [5, 5.41) is 0.922. The number of nitrogens with zero attached hydrogens (tertiary/aromatic N) is 4. The van der Waals surface area contributed by atoms with Gasteiger partial charge in [0.2, 0.25) is 5.91 Å². The van der Waals surface area contributed by atoms with Crippen LogP contribution in [0.4, 0.5) is 5.69 Å². The third kappa shape index (κ3) is 3.57. The zero-order valence-electron chi connectivity index (χ0n) is 18.2. The van der Waals surface area contributed by atoms with Gasteiger partial charge in [-0.1, -0.05) is 11.6 Å². The minimum absolute atomic E-state index is 0.0152. The molecule has 164 valence electrons. The third-order valence-corrected chi connectivity index (χ3v) is 6.10. The van der Waals surface area contributed by atoms with Crippen LogP contribution in [0.1, 0.15) is 5.56 Å². The molecule has 1 aliphatic heterocycles. The molecule has 5 rings (SSSR count). The predicted octanol–water partition coefficient (Wildman–Crippen LogP) is 2.54. The number of methoxy groups -OCH3 is 1. The van der Waals surface area contributed by atoms with Crippen LogP contribution in [-0.2, 0) is 11.3 Å². The smallest absolute Gasteiger partial charge is 0.278 e. The van der Waals surface area contributed by atoms with Crippen molar-refractivity contribution >= 4 is 33.5 Å². The second-order valence-corrected chi connectivity index (χ2v) is 8.14. The zero-order valence-corrected chi connectivity index (χ0v) is 18.2. The van der Waals surface area contributed by atoms with Gasteiger partial charge in [0.15, 0.2) is 0 Å². The summed E-state index contributed by atoms with van der Waals surface area (Å²) in [5.74, 6) is 0.748. The van der Waals surface area contributed by atoms with Crippen molar-refractivity contribution in [2.24, 2.45) is 0 Å². The lowest BCUT2D eigenvalue weighted by Gasteiger charge is -2.36. The van der Waals surface area contributed by atoms with E-state index in [2.05, 4.69) is 14.9 Å². The maximum absolute atomic E-state index is 13.0. The van der Waals surface area contributed by atoms with Gasteiger partial charge in [-0.2, -0.15) is 0 Å². The molecule has 0 aliphatic carbocycles. The van der Waals surface area contributed by atoms with Crippen LogP contribution >= 0.6 is 0 Å². The summed E-state index contributed by atoms with van der Waals surface area (Å²) in [6.45, 7) is 4.70. The zero-order chi connectivity index (χ0) is 22.2. The molecule has 1 saturated heterocycles. The number of H-pyrrole nitrogens is 1. The standard InChI is InChI=1S/C24H25N5O3/c1-16-3-8-20-19(13-16)22-23(26-20)24(31)29(15-25-22)14-21(30)28-11-9-27(10-12-28)17-4-6-18(32-2)7-5-17/h3-8,13,15,26H,9-12,14H2,1-2H3. The molecular formula is C24H25N5O3. The molecule has 0 spiro atoms. The second-order valence-electron chi connectivity index (χ2n) is 8.14. The van der Waals surface area contributed by atoms with Gasteiger partial charge in [-0.25, -0.2) is 4.98 Å². The number of aromatic amines is 1. The number of nitrogens with one attached hydrogen (secondary N) is 1. The summed E-state index contributed by atoms with van der Waals surface area (Å²) in [6.07, 6.45) is 1.48. The number of amides is 1. The Bertz CT molecular complexity index is 1350. The molecule has 8 heteroatoms. The summed E-state index contributed by atoms with van der Waals surface area (Å²) in [4.78, 5) is 37.6. The Morgan fingerprint density at radius 1 is 1.09 bits per heavy atom. The van der Waals surface area contributed by atoms with Crippen LogP contribution in [0.25, 0.3) is 21.9 Å². The number of rotatable bonds is 4. The van der Waals surface area contributed by atoms with Crippen LogP contribution < -0.4 is 15.2 Å². The Kier molecular flexibility index (Phi) is 5.05. The number of carbonyl (C=O) groups is 1. The van der Waals surface area contributed by atoms with Crippen LogP contribution in [0, 0.1) is 6.92 Å². The minimum atomic E-state index is -0.228. The number of carbonyl (C=O) groups excluding carboxylic acids is 1. The molecule has 0 atom stereocenters. The Labute approximate surface area is 185 Å². The van der Waals surface area contributed by atoms with Crippen LogP contribution in [0.5, 0.6) is 5.75 Å².